The molecular formula is C19H24N6O2S2. The van der Waals surface area contributed by atoms with Crippen LogP contribution in [-0.2, 0) is 17.9 Å². The van der Waals surface area contributed by atoms with Crippen molar-refractivity contribution in [2.45, 2.75) is 50.4 Å². The normalized spacial score (nSPS) is 14.0. The number of thioether (sulfide) groups is 1. The van der Waals surface area contributed by atoms with E-state index in [4.69, 9.17) is 4.74 Å². The van der Waals surface area contributed by atoms with E-state index in [0.717, 1.165) is 23.4 Å². The maximum atomic E-state index is 13.0. The minimum Gasteiger partial charge on any atom is -0.377 e. The molecule has 1 saturated carbocycles. The van der Waals surface area contributed by atoms with E-state index in [0.29, 0.717) is 42.0 Å². The Labute approximate surface area is 177 Å². The zero-order valence-electron chi connectivity index (χ0n) is 16.6. The molecule has 0 amide bonds. The summed E-state index contributed by atoms with van der Waals surface area (Å²) in [5, 5.41) is 6.03. The van der Waals surface area contributed by atoms with Gasteiger partial charge in [-0.15, -0.1) is 5.10 Å². The fourth-order valence-electron chi connectivity index (χ4n) is 3.06. The Kier molecular flexibility index (Phi) is 6.51. The number of aryl methyl sites for hydroxylation is 1. The molecule has 0 atom stereocenters. The number of nitrogens with zero attached hydrogens (tertiary/aromatic N) is 6. The van der Waals surface area contributed by atoms with Gasteiger partial charge in [0.25, 0.3) is 5.56 Å². The van der Waals surface area contributed by atoms with E-state index in [-0.39, 0.29) is 5.56 Å². The van der Waals surface area contributed by atoms with Crippen molar-refractivity contribution in [3.63, 3.8) is 0 Å². The van der Waals surface area contributed by atoms with Crippen molar-refractivity contribution in [2.75, 3.05) is 18.6 Å². The highest BCUT2D eigenvalue weighted by Crippen LogP contribution is 2.37. The molecule has 0 bridgehead atoms. The number of pyridine rings is 1. The molecule has 0 N–H and O–H groups in total. The fraction of sp³-hybridized carbons (Fsp3) is 0.526. The lowest BCUT2D eigenvalue weighted by Gasteiger charge is -2.12. The van der Waals surface area contributed by atoms with Gasteiger partial charge in [0.05, 0.1) is 6.61 Å². The van der Waals surface area contributed by atoms with Gasteiger partial charge in [0.1, 0.15) is 12.0 Å². The predicted octanol–water partition coefficient (Wildman–Crippen LogP) is 3.11. The van der Waals surface area contributed by atoms with Crippen LogP contribution < -0.4 is 5.56 Å². The molecule has 3 aromatic heterocycles. The summed E-state index contributed by atoms with van der Waals surface area (Å²) in [7, 11) is 0. The summed E-state index contributed by atoms with van der Waals surface area (Å²) < 4.78 is 9.06. The van der Waals surface area contributed by atoms with Gasteiger partial charge in [-0.1, -0.05) is 11.8 Å². The van der Waals surface area contributed by atoms with Gasteiger partial charge in [-0.05, 0) is 50.5 Å². The highest BCUT2D eigenvalue weighted by Gasteiger charge is 2.27. The highest BCUT2D eigenvalue weighted by molar-refractivity contribution is 7.98. The van der Waals surface area contributed by atoms with Crippen LogP contribution in [0.15, 0.2) is 28.5 Å². The number of hydrogen-bond donors (Lipinski definition) is 0. The summed E-state index contributed by atoms with van der Waals surface area (Å²) in [6.45, 7) is 3.37. The Balaban J connectivity index is 1.50. The summed E-state index contributed by atoms with van der Waals surface area (Å²) in [6, 6.07) is 1.84. The standard InChI is InChI=1S/C19H24N6O2S2/c1-3-27-11-15-9-14-10-20-19(28-2)22-17(14)24(18(15)26)7-4-8-29-25-12-21-16(23-25)13-5-6-13/h9-10,12-13H,3-8,11H2,1-2H3. The quantitative estimate of drug-likeness (QED) is 0.274. The number of rotatable bonds is 10. The molecule has 0 radical (unpaired) electrons. The van der Waals surface area contributed by atoms with Crippen molar-refractivity contribution < 1.29 is 4.74 Å². The second-order valence-electron chi connectivity index (χ2n) is 6.87. The van der Waals surface area contributed by atoms with E-state index in [2.05, 4.69) is 20.1 Å². The monoisotopic (exact) mass is 432 g/mol. The van der Waals surface area contributed by atoms with Crippen molar-refractivity contribution >= 4 is 34.7 Å². The largest absolute Gasteiger partial charge is 0.377 e. The van der Waals surface area contributed by atoms with Gasteiger partial charge in [0.15, 0.2) is 11.0 Å². The number of fused-ring (bicyclic) bond motifs is 1. The Hall–Kier alpha value is -1.91. The number of hydrogen-bond acceptors (Lipinski definition) is 8. The van der Waals surface area contributed by atoms with Crippen LogP contribution in [0, 0.1) is 0 Å². The van der Waals surface area contributed by atoms with Crippen LogP contribution in [0.25, 0.3) is 11.0 Å². The molecule has 0 unspecified atom stereocenters. The van der Waals surface area contributed by atoms with Crippen molar-refractivity contribution in [2.24, 2.45) is 0 Å². The Morgan fingerprint density at radius 1 is 1.31 bits per heavy atom. The van der Waals surface area contributed by atoms with Crippen molar-refractivity contribution in [3.8, 4) is 0 Å². The van der Waals surface area contributed by atoms with Crippen LogP contribution in [0.3, 0.4) is 0 Å². The van der Waals surface area contributed by atoms with Gasteiger partial charge < -0.3 is 4.74 Å². The average molecular weight is 433 g/mol. The van der Waals surface area contributed by atoms with Gasteiger partial charge in [0, 0.05) is 42.0 Å². The molecule has 4 rings (SSSR count). The van der Waals surface area contributed by atoms with Crippen molar-refractivity contribution in [3.05, 3.63) is 40.3 Å². The molecule has 1 aliphatic rings. The fourth-order valence-corrected chi connectivity index (χ4v) is 4.09. The second kappa shape index (κ2) is 9.27. The molecular weight excluding hydrogens is 408 g/mol. The van der Waals surface area contributed by atoms with Crippen molar-refractivity contribution in [1.29, 1.82) is 0 Å². The molecule has 154 valence electrons. The summed E-state index contributed by atoms with van der Waals surface area (Å²) in [5.74, 6) is 2.34. The van der Waals surface area contributed by atoms with Crippen LogP contribution in [0.2, 0.25) is 0 Å². The van der Waals surface area contributed by atoms with Crippen LogP contribution in [-0.4, -0.2) is 47.3 Å². The Morgan fingerprint density at radius 3 is 2.93 bits per heavy atom. The molecule has 0 saturated heterocycles. The molecule has 3 aromatic rings. The van der Waals surface area contributed by atoms with E-state index in [9.17, 15) is 4.79 Å². The first-order valence-electron chi connectivity index (χ1n) is 9.75. The van der Waals surface area contributed by atoms with Crippen LogP contribution >= 0.6 is 23.7 Å². The number of aromatic nitrogens is 6. The molecule has 0 spiro atoms. The second-order valence-corrected chi connectivity index (χ2v) is 8.68. The zero-order chi connectivity index (χ0) is 20.2. The Bertz CT molecular complexity index is 1050. The van der Waals surface area contributed by atoms with Gasteiger partial charge >= 0.3 is 0 Å². The minimum absolute atomic E-state index is 0.0431. The first-order chi connectivity index (χ1) is 14.2. The lowest BCUT2D eigenvalue weighted by molar-refractivity contribution is 0.133. The third-order valence-electron chi connectivity index (χ3n) is 4.71. The van der Waals surface area contributed by atoms with Gasteiger partial charge in [-0.25, -0.2) is 15.0 Å². The molecule has 29 heavy (non-hydrogen) atoms. The third-order valence-corrected chi connectivity index (χ3v) is 6.18. The molecule has 1 fully saturated rings. The lowest BCUT2D eigenvalue weighted by Crippen LogP contribution is -2.26. The van der Waals surface area contributed by atoms with Gasteiger partial charge in [-0.2, -0.15) is 4.09 Å². The summed E-state index contributed by atoms with van der Waals surface area (Å²) >= 11 is 3.08. The van der Waals surface area contributed by atoms with Crippen LogP contribution in [0.1, 0.15) is 43.5 Å². The highest BCUT2D eigenvalue weighted by atomic mass is 32.2. The topological polar surface area (TPSA) is 87.7 Å². The predicted molar refractivity (Wildman–Crippen MR) is 115 cm³/mol. The first kappa shape index (κ1) is 20.4. The first-order valence-corrected chi connectivity index (χ1v) is 11.9. The maximum Gasteiger partial charge on any atom is 0.257 e. The molecule has 10 heteroatoms. The summed E-state index contributed by atoms with van der Waals surface area (Å²) in [4.78, 5) is 26.3. The molecule has 0 aromatic carbocycles. The number of ether oxygens (including phenoxy) is 1. The molecule has 0 aliphatic heterocycles. The maximum absolute atomic E-state index is 13.0. The SMILES string of the molecule is CCOCc1cc2cnc(SC)nc2n(CCCSn2cnc(C3CC3)n2)c1=O. The third kappa shape index (κ3) is 4.81. The molecule has 8 nitrogen and oxygen atoms in total. The minimum atomic E-state index is -0.0431. The van der Waals surface area contributed by atoms with E-state index < -0.39 is 0 Å². The van der Waals surface area contributed by atoms with Gasteiger partial charge in [-0.3, -0.25) is 9.36 Å². The smallest absolute Gasteiger partial charge is 0.257 e. The summed E-state index contributed by atoms with van der Waals surface area (Å²) in [5.41, 5.74) is 1.27. The van der Waals surface area contributed by atoms with Crippen LogP contribution in [0.5, 0.6) is 0 Å². The van der Waals surface area contributed by atoms with E-state index in [1.807, 2.05) is 23.3 Å². The molecule has 1 aliphatic carbocycles. The average Bonchev–Trinajstić information content (AvgIpc) is 3.49. The van der Waals surface area contributed by atoms with Crippen LogP contribution in [0.4, 0.5) is 0 Å². The zero-order valence-corrected chi connectivity index (χ0v) is 18.2. The van der Waals surface area contributed by atoms with Crippen molar-refractivity contribution in [1.82, 2.24) is 28.7 Å². The van der Waals surface area contributed by atoms with E-state index in [1.54, 1.807) is 29.0 Å². The molecule has 3 heterocycles. The lowest BCUT2D eigenvalue weighted by atomic mass is 10.2. The van der Waals surface area contributed by atoms with Gasteiger partial charge in [0.2, 0.25) is 0 Å². The van der Waals surface area contributed by atoms with E-state index >= 15 is 0 Å². The Morgan fingerprint density at radius 2 is 2.17 bits per heavy atom. The van der Waals surface area contributed by atoms with E-state index in [1.165, 1.54) is 24.6 Å². The summed E-state index contributed by atoms with van der Waals surface area (Å²) in [6.07, 6.45) is 8.70.